The molecule has 7 nitrogen and oxygen atoms in total. The van der Waals surface area contributed by atoms with Crippen molar-refractivity contribution in [3.63, 3.8) is 0 Å². The highest BCUT2D eigenvalue weighted by atomic mass is 19.1. The Morgan fingerprint density at radius 3 is 3.12 bits per heavy atom. The van der Waals surface area contributed by atoms with Crippen LogP contribution in [-0.4, -0.2) is 41.4 Å². The van der Waals surface area contributed by atoms with Crippen LogP contribution < -0.4 is 21.1 Å². The smallest absolute Gasteiger partial charge is 0.254 e. The van der Waals surface area contributed by atoms with Crippen molar-refractivity contribution in [3.05, 3.63) is 41.8 Å². The number of nitrogens with zero attached hydrogens (tertiary/aromatic N) is 2. The first kappa shape index (κ1) is 17.2. The monoisotopic (exact) mass is 347 g/mol. The Morgan fingerprint density at radius 1 is 1.56 bits per heavy atom. The lowest BCUT2D eigenvalue weighted by Crippen LogP contribution is -2.40. The van der Waals surface area contributed by atoms with Crippen molar-refractivity contribution in [1.82, 2.24) is 15.1 Å². The van der Waals surface area contributed by atoms with E-state index in [9.17, 15) is 9.18 Å². The number of anilines is 1. The molecule has 2 aromatic rings. The third-order valence-corrected chi connectivity index (χ3v) is 4.17. The molecule has 25 heavy (non-hydrogen) atoms. The van der Waals surface area contributed by atoms with E-state index in [1.165, 1.54) is 12.3 Å². The van der Waals surface area contributed by atoms with Crippen LogP contribution in [0.5, 0.6) is 5.75 Å². The fourth-order valence-corrected chi connectivity index (χ4v) is 2.78. The number of hydrogen-bond donors (Lipinski definition) is 3. The van der Waals surface area contributed by atoms with Crippen LogP contribution in [0, 0.1) is 11.7 Å². The minimum absolute atomic E-state index is 0.0693. The summed E-state index contributed by atoms with van der Waals surface area (Å²) in [4.78, 5) is 11.3. The maximum absolute atomic E-state index is 13.5. The predicted molar refractivity (Wildman–Crippen MR) is 92.1 cm³/mol. The highest BCUT2D eigenvalue weighted by Crippen LogP contribution is 2.21. The van der Waals surface area contributed by atoms with Crippen LogP contribution in [-0.2, 0) is 6.54 Å². The van der Waals surface area contributed by atoms with Crippen LogP contribution in [0.25, 0.3) is 0 Å². The first-order valence-electron chi connectivity index (χ1n) is 8.24. The summed E-state index contributed by atoms with van der Waals surface area (Å²) < 4.78 is 20.8. The zero-order valence-corrected chi connectivity index (χ0v) is 14.0. The first-order valence-corrected chi connectivity index (χ1v) is 8.24. The Hall–Kier alpha value is -2.61. The fraction of sp³-hybridized carbons (Fsp3) is 0.412. The van der Waals surface area contributed by atoms with E-state index in [-0.39, 0.29) is 17.6 Å². The van der Waals surface area contributed by atoms with Crippen molar-refractivity contribution in [3.8, 4) is 5.75 Å². The molecule has 2 heterocycles. The molecule has 2 atom stereocenters. The number of benzene rings is 1. The van der Waals surface area contributed by atoms with Crippen molar-refractivity contribution >= 4 is 11.7 Å². The number of para-hydroxylation sites is 1. The van der Waals surface area contributed by atoms with Gasteiger partial charge in [-0.2, -0.15) is 5.10 Å². The van der Waals surface area contributed by atoms with E-state index >= 15 is 0 Å². The normalized spacial score (nSPS) is 17.4. The molecule has 4 N–H and O–H groups in total. The largest absolute Gasteiger partial charge is 0.489 e. The molecule has 134 valence electrons. The number of amides is 1. The number of nitrogens with one attached hydrogen (secondary N) is 2. The Kier molecular flexibility index (Phi) is 5.18. The molecule has 1 aromatic heterocycles. The molecule has 0 saturated heterocycles. The molecular weight excluding hydrogens is 325 g/mol. The first-order chi connectivity index (χ1) is 12.0. The molecule has 0 aliphatic carbocycles. The maximum atomic E-state index is 13.5. The van der Waals surface area contributed by atoms with E-state index < -0.39 is 5.91 Å². The molecule has 0 fully saturated rings. The van der Waals surface area contributed by atoms with E-state index in [2.05, 4.69) is 15.7 Å². The number of carbonyl (C=O) groups excluding carboxylic acids is 1. The second-order valence-electron chi connectivity index (χ2n) is 6.25. The lowest BCUT2D eigenvalue weighted by molar-refractivity contribution is 0.100. The Balaban J connectivity index is 1.46. The van der Waals surface area contributed by atoms with Gasteiger partial charge < -0.3 is 21.1 Å². The number of carbonyl (C=O) groups is 1. The number of fused-ring (bicyclic) bond motifs is 1. The Morgan fingerprint density at radius 2 is 2.36 bits per heavy atom. The summed E-state index contributed by atoms with van der Waals surface area (Å²) >= 11 is 0. The average molecular weight is 347 g/mol. The molecule has 1 aliphatic rings. The van der Waals surface area contributed by atoms with Gasteiger partial charge in [0.05, 0.1) is 6.20 Å². The van der Waals surface area contributed by atoms with Gasteiger partial charge in [-0.1, -0.05) is 12.1 Å². The second kappa shape index (κ2) is 7.52. The lowest BCUT2D eigenvalue weighted by Gasteiger charge is -2.27. The van der Waals surface area contributed by atoms with Crippen molar-refractivity contribution in [2.24, 2.45) is 11.7 Å². The van der Waals surface area contributed by atoms with Crippen molar-refractivity contribution in [2.75, 3.05) is 25.0 Å². The number of rotatable bonds is 7. The number of primary amides is 1. The highest BCUT2D eigenvalue weighted by molar-refractivity contribution is 5.97. The van der Waals surface area contributed by atoms with Gasteiger partial charge in [0.15, 0.2) is 11.6 Å². The topological polar surface area (TPSA) is 94.2 Å². The number of ether oxygens (including phenoxy) is 1. The van der Waals surface area contributed by atoms with Gasteiger partial charge in [0.2, 0.25) is 0 Å². The van der Waals surface area contributed by atoms with Crippen LogP contribution in [0.3, 0.4) is 0 Å². The molecule has 0 unspecified atom stereocenters. The number of hydrogen-bond acceptors (Lipinski definition) is 5. The molecule has 1 amide bonds. The Labute approximate surface area is 145 Å². The SMILES string of the molecule is C[C@H](COc1ccccc1F)NC[C@H]1CNc2c(C(N)=O)cnn2C1. The van der Waals surface area contributed by atoms with Gasteiger partial charge in [-0.15, -0.1) is 0 Å². The minimum Gasteiger partial charge on any atom is -0.489 e. The van der Waals surface area contributed by atoms with Crippen LogP contribution in [0.15, 0.2) is 30.5 Å². The van der Waals surface area contributed by atoms with E-state index in [1.54, 1.807) is 22.9 Å². The summed E-state index contributed by atoms with van der Waals surface area (Å²) in [6.45, 7) is 4.53. The maximum Gasteiger partial charge on any atom is 0.254 e. The van der Waals surface area contributed by atoms with Crippen LogP contribution in [0.4, 0.5) is 10.2 Å². The van der Waals surface area contributed by atoms with E-state index in [0.29, 0.717) is 30.5 Å². The molecular formula is C17H22FN5O2. The average Bonchev–Trinajstić information content (AvgIpc) is 3.02. The summed E-state index contributed by atoms with van der Waals surface area (Å²) in [6.07, 6.45) is 1.49. The predicted octanol–water partition coefficient (Wildman–Crippen LogP) is 1.22. The van der Waals surface area contributed by atoms with Crippen LogP contribution in [0.2, 0.25) is 0 Å². The van der Waals surface area contributed by atoms with Gasteiger partial charge in [0, 0.05) is 31.6 Å². The zero-order valence-electron chi connectivity index (χ0n) is 14.0. The summed E-state index contributed by atoms with van der Waals surface area (Å²) in [5, 5.41) is 10.8. The Bertz CT molecular complexity index is 748. The minimum atomic E-state index is -0.482. The molecule has 0 saturated carbocycles. The second-order valence-corrected chi connectivity index (χ2v) is 6.25. The van der Waals surface area contributed by atoms with Gasteiger partial charge in [-0.3, -0.25) is 4.79 Å². The zero-order chi connectivity index (χ0) is 17.8. The summed E-state index contributed by atoms with van der Waals surface area (Å²) in [7, 11) is 0. The summed E-state index contributed by atoms with van der Waals surface area (Å²) in [5.74, 6) is 0.409. The van der Waals surface area contributed by atoms with Gasteiger partial charge >= 0.3 is 0 Å². The van der Waals surface area contributed by atoms with Crippen LogP contribution in [0.1, 0.15) is 17.3 Å². The van der Waals surface area contributed by atoms with Gasteiger partial charge in [-0.05, 0) is 19.1 Å². The molecule has 8 heteroatoms. The van der Waals surface area contributed by atoms with Crippen molar-refractivity contribution < 1.29 is 13.9 Å². The third-order valence-electron chi connectivity index (χ3n) is 4.17. The molecule has 3 rings (SSSR count). The number of nitrogens with two attached hydrogens (primary N) is 1. The molecule has 0 bridgehead atoms. The number of halogens is 1. The molecule has 1 aliphatic heterocycles. The third kappa shape index (κ3) is 4.08. The molecule has 1 aromatic carbocycles. The van der Waals surface area contributed by atoms with E-state index in [0.717, 1.165) is 13.1 Å². The van der Waals surface area contributed by atoms with E-state index in [1.807, 2.05) is 6.92 Å². The number of aromatic nitrogens is 2. The summed E-state index contributed by atoms with van der Waals surface area (Å²) in [5.41, 5.74) is 5.74. The van der Waals surface area contributed by atoms with Crippen molar-refractivity contribution in [2.45, 2.75) is 19.5 Å². The highest BCUT2D eigenvalue weighted by Gasteiger charge is 2.23. The molecule has 0 radical (unpaired) electrons. The quantitative estimate of drug-likeness (QED) is 0.700. The standard InChI is InChI=1S/C17H22FN5O2/c1-11(10-25-15-5-3-2-4-14(15)18)20-6-12-7-21-17-13(16(19)24)8-22-23(17)9-12/h2-5,8,11-12,20-21H,6-7,9-10H2,1H3,(H2,19,24)/t11-,12+/m1/s1. The van der Waals surface area contributed by atoms with Crippen LogP contribution >= 0.6 is 0 Å². The van der Waals surface area contributed by atoms with Gasteiger partial charge in [0.25, 0.3) is 5.91 Å². The van der Waals surface area contributed by atoms with Crippen molar-refractivity contribution in [1.29, 1.82) is 0 Å². The summed E-state index contributed by atoms with van der Waals surface area (Å²) in [6, 6.07) is 6.44. The fourth-order valence-electron chi connectivity index (χ4n) is 2.78. The van der Waals surface area contributed by atoms with Gasteiger partial charge in [-0.25, -0.2) is 9.07 Å². The lowest BCUT2D eigenvalue weighted by atomic mass is 10.1. The molecule has 0 spiro atoms. The van der Waals surface area contributed by atoms with E-state index in [4.69, 9.17) is 10.5 Å². The van der Waals surface area contributed by atoms with Gasteiger partial charge in [0.1, 0.15) is 18.0 Å².